The van der Waals surface area contributed by atoms with Gasteiger partial charge in [0, 0.05) is 0 Å². The first-order valence-electron chi connectivity index (χ1n) is 11.6. The van der Waals surface area contributed by atoms with Gasteiger partial charge in [0.15, 0.2) is 9.66 Å². The predicted molar refractivity (Wildman–Crippen MR) is 133 cm³/mol. The second-order valence-corrected chi connectivity index (χ2v) is 10.9. The van der Waals surface area contributed by atoms with Gasteiger partial charge in [-0.15, -0.1) is 22.7 Å². The number of thiazole rings is 2. The third kappa shape index (κ3) is 8.10. The molecule has 3 aromatic heterocycles. The van der Waals surface area contributed by atoms with Crippen molar-refractivity contribution in [3.8, 4) is 9.88 Å². The van der Waals surface area contributed by atoms with Crippen LogP contribution in [0.25, 0.3) is 19.5 Å². The maximum absolute atomic E-state index is 4.71. The molecule has 0 aromatic carbocycles. The summed E-state index contributed by atoms with van der Waals surface area (Å²) in [5.74, 6) is 0. The lowest BCUT2D eigenvalue weighted by molar-refractivity contribution is 0.535. The number of unbranched alkanes of at least 4 members (excludes halogenated alkanes) is 13. The molecular weight excluding hydrogens is 412 g/mol. The first kappa shape index (κ1) is 22.9. The van der Waals surface area contributed by atoms with Gasteiger partial charge in [-0.25, -0.2) is 9.97 Å². The van der Waals surface area contributed by atoms with E-state index >= 15 is 0 Å². The van der Waals surface area contributed by atoms with E-state index in [-0.39, 0.29) is 0 Å². The molecule has 5 heteroatoms. The maximum atomic E-state index is 4.71. The van der Waals surface area contributed by atoms with Crippen LogP contribution in [0.2, 0.25) is 0 Å². The summed E-state index contributed by atoms with van der Waals surface area (Å²) < 4.78 is 0. The molecule has 29 heavy (non-hydrogen) atoms. The van der Waals surface area contributed by atoms with E-state index in [9.17, 15) is 0 Å². The number of nitrogens with zero attached hydrogens (tertiary/aromatic N) is 2. The number of hydrogen-bond donors (Lipinski definition) is 0. The molecule has 0 spiro atoms. The van der Waals surface area contributed by atoms with Gasteiger partial charge in [-0.1, -0.05) is 102 Å². The van der Waals surface area contributed by atoms with Crippen LogP contribution >= 0.6 is 34.0 Å². The molecule has 0 fully saturated rings. The Morgan fingerprint density at radius 1 is 0.724 bits per heavy atom. The van der Waals surface area contributed by atoms with E-state index in [4.69, 9.17) is 4.98 Å². The molecule has 0 N–H and O–H groups in total. The van der Waals surface area contributed by atoms with Crippen LogP contribution in [-0.4, -0.2) is 9.97 Å². The zero-order chi connectivity index (χ0) is 20.2. The van der Waals surface area contributed by atoms with E-state index < -0.39 is 0 Å². The highest BCUT2D eigenvalue weighted by atomic mass is 32.1. The number of fused-ring (bicyclic) bond motifs is 1. The molecule has 160 valence electrons. The molecule has 0 atom stereocenters. The minimum absolute atomic E-state index is 1.08. The van der Waals surface area contributed by atoms with Crippen molar-refractivity contribution in [2.75, 3.05) is 0 Å². The highest BCUT2D eigenvalue weighted by Gasteiger charge is 2.10. The summed E-state index contributed by atoms with van der Waals surface area (Å²) in [7, 11) is 0. The first-order valence-corrected chi connectivity index (χ1v) is 14.2. The Morgan fingerprint density at radius 3 is 1.97 bits per heavy atom. The molecule has 0 aliphatic heterocycles. The Balaban J connectivity index is 1.17. The minimum Gasteiger partial charge on any atom is -0.232 e. The molecule has 3 heterocycles. The molecule has 0 bridgehead atoms. The number of thiophene rings is 1. The predicted octanol–water partition coefficient (Wildman–Crippen LogP) is 9.51. The Morgan fingerprint density at radius 2 is 1.34 bits per heavy atom. The fourth-order valence-electron chi connectivity index (χ4n) is 3.83. The van der Waals surface area contributed by atoms with Crippen LogP contribution in [-0.2, 0) is 6.42 Å². The van der Waals surface area contributed by atoms with Crippen LogP contribution < -0.4 is 0 Å². The Labute approximate surface area is 188 Å². The quantitative estimate of drug-likeness (QED) is 0.204. The topological polar surface area (TPSA) is 25.8 Å². The lowest BCUT2D eigenvalue weighted by Gasteiger charge is -2.03. The monoisotopic (exact) mass is 448 g/mol. The second kappa shape index (κ2) is 13.5. The standard InChI is InChI=1S/C24H36N2S3/c1-2-3-4-5-6-7-8-9-10-11-12-13-14-15-16-20-17-21(27-18-20)22-26-24-23(29-22)25-19-28-24/h17-19H,2-16H2,1H3. The lowest BCUT2D eigenvalue weighted by atomic mass is 10.0. The van der Waals surface area contributed by atoms with E-state index in [0.717, 1.165) is 14.7 Å². The lowest BCUT2D eigenvalue weighted by Crippen LogP contribution is -1.85. The molecule has 3 aromatic rings. The van der Waals surface area contributed by atoms with Gasteiger partial charge in [0.25, 0.3) is 0 Å². The molecule has 0 saturated carbocycles. The van der Waals surface area contributed by atoms with Gasteiger partial charge in [0.2, 0.25) is 0 Å². The summed E-state index contributed by atoms with van der Waals surface area (Å²) in [6.07, 6.45) is 21.2. The number of rotatable bonds is 16. The van der Waals surface area contributed by atoms with Gasteiger partial charge in [0.05, 0.1) is 10.4 Å². The van der Waals surface area contributed by atoms with Crippen LogP contribution in [0.15, 0.2) is 17.0 Å². The van der Waals surface area contributed by atoms with Crippen molar-refractivity contribution in [2.45, 2.75) is 103 Å². The molecule has 0 aliphatic rings. The summed E-state index contributed by atoms with van der Waals surface area (Å²) in [4.78, 5) is 12.5. The Kier molecular flexibility index (Phi) is 10.7. The number of aryl methyl sites for hydroxylation is 1. The van der Waals surface area contributed by atoms with Crippen LogP contribution in [0.3, 0.4) is 0 Å². The molecule has 3 rings (SSSR count). The van der Waals surface area contributed by atoms with Crippen molar-refractivity contribution >= 4 is 43.7 Å². The molecule has 0 amide bonds. The van der Waals surface area contributed by atoms with E-state index in [1.807, 2.05) is 16.8 Å². The van der Waals surface area contributed by atoms with Gasteiger partial charge in [-0.05, 0) is 29.9 Å². The van der Waals surface area contributed by atoms with Crippen molar-refractivity contribution in [3.63, 3.8) is 0 Å². The van der Waals surface area contributed by atoms with Gasteiger partial charge in [0.1, 0.15) is 5.01 Å². The minimum atomic E-state index is 1.08. The van der Waals surface area contributed by atoms with Crippen molar-refractivity contribution in [3.05, 3.63) is 22.5 Å². The molecule has 0 radical (unpaired) electrons. The fraction of sp³-hybridized carbons (Fsp3) is 0.667. The maximum Gasteiger partial charge on any atom is 0.155 e. The van der Waals surface area contributed by atoms with Crippen molar-refractivity contribution in [1.82, 2.24) is 9.97 Å². The van der Waals surface area contributed by atoms with Crippen LogP contribution in [0.5, 0.6) is 0 Å². The normalized spacial score (nSPS) is 11.6. The number of aromatic nitrogens is 2. The SMILES string of the molecule is CCCCCCCCCCCCCCCCc1csc(-c2nc3scnc3s2)c1. The average molecular weight is 449 g/mol. The summed E-state index contributed by atoms with van der Waals surface area (Å²) in [6.45, 7) is 2.29. The smallest absolute Gasteiger partial charge is 0.155 e. The third-order valence-electron chi connectivity index (χ3n) is 5.60. The zero-order valence-corrected chi connectivity index (χ0v) is 20.4. The van der Waals surface area contributed by atoms with Gasteiger partial charge in [-0.2, -0.15) is 0 Å². The van der Waals surface area contributed by atoms with E-state index in [2.05, 4.69) is 23.4 Å². The van der Waals surface area contributed by atoms with Gasteiger partial charge < -0.3 is 0 Å². The average Bonchev–Trinajstić information content (AvgIpc) is 3.44. The van der Waals surface area contributed by atoms with Gasteiger partial charge in [-0.3, -0.25) is 0 Å². The van der Waals surface area contributed by atoms with E-state index in [0.29, 0.717) is 0 Å². The molecular formula is C24H36N2S3. The fourth-order valence-corrected chi connectivity index (χ4v) is 6.60. The van der Waals surface area contributed by atoms with Crippen molar-refractivity contribution in [1.29, 1.82) is 0 Å². The van der Waals surface area contributed by atoms with Gasteiger partial charge >= 0.3 is 0 Å². The summed E-state index contributed by atoms with van der Waals surface area (Å²) in [5.41, 5.74) is 3.36. The Bertz CT molecular complexity index is 773. The van der Waals surface area contributed by atoms with E-state index in [1.165, 1.54) is 107 Å². The summed E-state index contributed by atoms with van der Waals surface area (Å²) in [5, 5.41) is 3.46. The summed E-state index contributed by atoms with van der Waals surface area (Å²) >= 11 is 5.18. The van der Waals surface area contributed by atoms with Crippen LogP contribution in [0.1, 0.15) is 102 Å². The largest absolute Gasteiger partial charge is 0.232 e. The summed E-state index contributed by atoms with van der Waals surface area (Å²) in [6, 6.07) is 2.34. The highest BCUT2D eigenvalue weighted by Crippen LogP contribution is 2.35. The van der Waals surface area contributed by atoms with E-state index in [1.54, 1.807) is 22.7 Å². The zero-order valence-electron chi connectivity index (χ0n) is 18.0. The van der Waals surface area contributed by atoms with Crippen LogP contribution in [0.4, 0.5) is 0 Å². The van der Waals surface area contributed by atoms with Crippen LogP contribution in [0, 0.1) is 0 Å². The second-order valence-electron chi connectivity index (χ2n) is 8.15. The molecule has 0 unspecified atom stereocenters. The Hall–Kier alpha value is -0.780. The van der Waals surface area contributed by atoms with Crippen molar-refractivity contribution < 1.29 is 0 Å². The molecule has 0 saturated heterocycles. The molecule has 0 aliphatic carbocycles. The molecule has 2 nitrogen and oxygen atoms in total. The first-order chi connectivity index (χ1) is 14.4. The highest BCUT2D eigenvalue weighted by molar-refractivity contribution is 7.29. The van der Waals surface area contributed by atoms with Crippen molar-refractivity contribution in [2.24, 2.45) is 0 Å². The third-order valence-corrected chi connectivity index (χ3v) is 8.56. The number of hydrogen-bond acceptors (Lipinski definition) is 5.